The van der Waals surface area contributed by atoms with Crippen molar-refractivity contribution in [2.45, 2.75) is 84.1 Å². The Labute approximate surface area is 493 Å². The number of pyridine rings is 1. The number of anilines is 1. The van der Waals surface area contributed by atoms with Gasteiger partial charge in [0.1, 0.15) is 77.2 Å². The van der Waals surface area contributed by atoms with Crippen LogP contribution in [0.1, 0.15) is 132 Å². The highest BCUT2D eigenvalue weighted by molar-refractivity contribution is 7.15. The molecule has 10 bridgehead atoms. The molecule has 9 rings (SSSR count). The summed E-state index contributed by atoms with van der Waals surface area (Å²) in [6, 6.07) is 10.2. The number of nitrogens with zero attached hydrogens (tertiary/aromatic N) is 7. The fourth-order valence-corrected chi connectivity index (χ4v) is 14.2. The third-order valence-electron chi connectivity index (χ3n) is 13.1. The van der Waals surface area contributed by atoms with Crippen molar-refractivity contribution >= 4 is 115 Å². The van der Waals surface area contributed by atoms with Crippen molar-refractivity contribution in [2.75, 3.05) is 26.0 Å². The highest BCUT2D eigenvalue weighted by atomic mass is 32.1. The maximum absolute atomic E-state index is 14.3. The quantitative estimate of drug-likeness (QED) is 0.0568. The minimum absolute atomic E-state index is 0.0265. The molecule has 7 aromatic heterocycles. The maximum Gasteiger partial charge on any atom is 0.303 e. The number of methoxy groups -OCH3 is 1. The van der Waals surface area contributed by atoms with E-state index in [1.165, 1.54) is 82.2 Å². The van der Waals surface area contributed by atoms with Crippen LogP contribution in [0, 0.1) is 18.8 Å². The normalized spacial score (nSPS) is 16.9. The summed E-state index contributed by atoms with van der Waals surface area (Å²) >= 11 is 7.24. The number of aliphatic carboxylic acids is 1. The number of carboxylic acid groups (broad SMARTS) is 1. The summed E-state index contributed by atoms with van der Waals surface area (Å²) in [6.07, 6.45) is -1.54. The van der Waals surface area contributed by atoms with E-state index in [1.54, 1.807) is 77.8 Å². The number of carbonyl (C=O) groups is 7. The first kappa shape index (κ1) is 59.2. The van der Waals surface area contributed by atoms with E-state index in [2.05, 4.69) is 31.6 Å². The van der Waals surface area contributed by atoms with Gasteiger partial charge in [0.05, 0.1) is 41.2 Å². The van der Waals surface area contributed by atoms with Crippen molar-refractivity contribution < 1.29 is 48.5 Å². The summed E-state index contributed by atoms with van der Waals surface area (Å²) in [5.74, 6) is -4.93. The number of carbonyl (C=O) groups excluding carboxylic acids is 6. The van der Waals surface area contributed by atoms with E-state index in [9.17, 15) is 38.7 Å². The van der Waals surface area contributed by atoms with E-state index < -0.39 is 60.3 Å². The van der Waals surface area contributed by atoms with Crippen LogP contribution in [-0.2, 0) is 30.5 Å². The number of ether oxygens (including phenoxy) is 1. The van der Waals surface area contributed by atoms with Crippen molar-refractivity contribution in [1.29, 1.82) is 0 Å². The Bertz CT molecular complexity index is 3680. The Kier molecular flexibility index (Phi) is 18.9. The summed E-state index contributed by atoms with van der Waals surface area (Å²) in [5.41, 5.74) is 2.81. The largest absolute Gasteiger partial charge is 0.481 e. The summed E-state index contributed by atoms with van der Waals surface area (Å²) < 4.78 is 5.46. The van der Waals surface area contributed by atoms with Gasteiger partial charge >= 0.3 is 5.97 Å². The molecule has 8 aromatic rings. The molecule has 1 aliphatic rings. The molecule has 28 heteroatoms. The first-order valence-electron chi connectivity index (χ1n) is 25.6. The van der Waals surface area contributed by atoms with Crippen LogP contribution in [-0.4, -0.2) is 107 Å². The number of aliphatic hydroxyl groups is 1. The number of nitrogens with one attached hydrogen (secondary N) is 5. The van der Waals surface area contributed by atoms with Crippen LogP contribution in [0.5, 0.6) is 0 Å². The summed E-state index contributed by atoms with van der Waals surface area (Å²) in [4.78, 5) is 129. The zero-order valence-corrected chi connectivity index (χ0v) is 49.7. The van der Waals surface area contributed by atoms with E-state index in [0.717, 1.165) is 0 Å². The average molecular weight is 1220 g/mol. The SMILES string of the molecule is CNC(=O)C[C@@H]1NC(=O)c2csc(n2)-c2ccc(-c3nc(NC(=O)[C@H](C)CCC(=O)O)cs3)nc2-c2csc(n2)-c2csc(n2)[C@H]([C@@H](O)c2ccccc2)NC(=O)CNC(=O)c2nc(sc2COC)[C@@H](C(C)C)CC(=O)c2nc1sc2C. The number of Topliss-reactive ketones (excluding diaryl/α,β-unsaturated/α-hetero) is 1. The van der Waals surface area contributed by atoms with E-state index in [1.807, 2.05) is 13.8 Å². The lowest BCUT2D eigenvalue weighted by Gasteiger charge is -2.23. The van der Waals surface area contributed by atoms with Crippen LogP contribution < -0.4 is 26.6 Å². The van der Waals surface area contributed by atoms with Crippen molar-refractivity contribution in [3.05, 3.63) is 111 Å². The molecule has 22 nitrogen and oxygen atoms in total. The number of carboxylic acids is 1. The first-order chi connectivity index (χ1) is 39.4. The van der Waals surface area contributed by atoms with Gasteiger partial charge in [-0.25, -0.2) is 34.9 Å². The highest BCUT2D eigenvalue weighted by Crippen LogP contribution is 2.41. The third kappa shape index (κ3) is 13.7. The number of aliphatic hydroxyl groups excluding tert-OH is 1. The number of aromatic nitrogens is 7. The van der Waals surface area contributed by atoms with E-state index >= 15 is 0 Å². The monoisotopic (exact) mass is 1220 g/mol. The second-order valence-corrected chi connectivity index (χ2v) is 25.1. The van der Waals surface area contributed by atoms with Crippen LogP contribution >= 0.6 is 68.0 Å². The molecule has 0 aliphatic carbocycles. The lowest BCUT2D eigenvalue weighted by Crippen LogP contribution is -2.40. The van der Waals surface area contributed by atoms with Crippen LogP contribution in [0.2, 0.25) is 0 Å². The lowest BCUT2D eigenvalue weighted by atomic mass is 9.90. The molecule has 0 saturated carbocycles. The van der Waals surface area contributed by atoms with E-state index in [4.69, 9.17) is 39.7 Å². The number of hydrogen-bond donors (Lipinski definition) is 7. The molecule has 82 heavy (non-hydrogen) atoms. The fraction of sp³-hybridized carbons (Fsp3) is 0.333. The Morgan fingerprint density at radius 3 is 2.20 bits per heavy atom. The molecule has 0 radical (unpaired) electrons. The fourth-order valence-electron chi connectivity index (χ4n) is 8.62. The van der Waals surface area contributed by atoms with Gasteiger partial charge in [-0.3, -0.25) is 33.6 Å². The van der Waals surface area contributed by atoms with Crippen molar-refractivity contribution in [3.8, 4) is 43.4 Å². The van der Waals surface area contributed by atoms with Gasteiger partial charge in [0.15, 0.2) is 5.78 Å². The maximum atomic E-state index is 14.3. The Hall–Kier alpha value is -7.44. The number of rotatable bonds is 13. The van der Waals surface area contributed by atoms with Gasteiger partial charge in [-0.05, 0) is 37.0 Å². The Morgan fingerprint density at radius 2 is 1.45 bits per heavy atom. The second kappa shape index (κ2) is 26.2. The minimum Gasteiger partial charge on any atom is -0.481 e. The summed E-state index contributed by atoms with van der Waals surface area (Å²) in [7, 11) is 2.96. The molecule has 0 spiro atoms. The topological polar surface area (TPSA) is 320 Å². The predicted molar refractivity (Wildman–Crippen MR) is 313 cm³/mol. The van der Waals surface area contributed by atoms with Gasteiger partial charge in [-0.1, -0.05) is 51.1 Å². The third-order valence-corrected chi connectivity index (χ3v) is 18.9. The highest BCUT2D eigenvalue weighted by Gasteiger charge is 2.33. The lowest BCUT2D eigenvalue weighted by molar-refractivity contribution is -0.137. The average Bonchev–Trinajstić information content (AvgIpc) is 4.33. The Morgan fingerprint density at radius 1 is 0.744 bits per heavy atom. The smallest absolute Gasteiger partial charge is 0.303 e. The standard InChI is InChI=1S/C54H54N12O10S6/c1-24(2)29-16-35(67)41-26(4)81-53(65-41)31(17-38(68)55-5)58-47(74)33-21-77-49(60-33)28-13-14-30(51-63-37(23-80-51)62-46(73)25(3)12-15-40(70)71)57-42(28)32-20-78-52(59-32)34-22-79-54(61-34)44(45(72)27-10-8-7-9-11-27)64-39(69)18-56-48(75)43-36(19-76-6)82-50(29)66-43/h7-11,13-14,20-25,29,31,44-45,72H,12,15-19H2,1-6H3,(H,55,68)(H,56,75)(H,58,74)(H,62,73)(H,64,69)(H,70,71)/t25-,29-,31+,44+,45+/m1/s1. The summed E-state index contributed by atoms with van der Waals surface area (Å²) in [6.45, 7) is 6.79. The molecule has 1 aromatic carbocycles. The Balaban J connectivity index is 1.12. The van der Waals surface area contributed by atoms with Crippen LogP contribution in [0.4, 0.5) is 5.82 Å². The molecule has 1 aliphatic heterocycles. The van der Waals surface area contributed by atoms with Gasteiger partial charge in [-0.15, -0.1) is 68.0 Å². The van der Waals surface area contributed by atoms with Gasteiger partial charge < -0.3 is 41.5 Å². The number of hydrogen-bond acceptors (Lipinski definition) is 22. The van der Waals surface area contributed by atoms with Crippen LogP contribution in [0.3, 0.4) is 0 Å². The summed E-state index contributed by atoms with van der Waals surface area (Å²) in [5, 5.41) is 44.1. The van der Waals surface area contributed by atoms with Gasteiger partial charge in [0.2, 0.25) is 17.7 Å². The first-order valence-corrected chi connectivity index (χ1v) is 30.7. The predicted octanol–water partition coefficient (Wildman–Crippen LogP) is 8.64. The van der Waals surface area contributed by atoms with E-state index in [-0.39, 0.29) is 78.7 Å². The van der Waals surface area contributed by atoms with Crippen molar-refractivity contribution in [2.24, 2.45) is 11.8 Å². The molecule has 0 unspecified atom stereocenters. The molecule has 0 saturated heterocycles. The number of amides is 5. The van der Waals surface area contributed by atoms with Crippen LogP contribution in [0.25, 0.3) is 43.4 Å². The minimum atomic E-state index is -1.28. The number of fused-ring (bicyclic) bond motifs is 14. The molecular formula is C54H54N12O10S6. The van der Waals surface area contributed by atoms with Crippen molar-refractivity contribution in [3.63, 3.8) is 0 Å². The molecular weight excluding hydrogens is 1170 g/mol. The second-order valence-electron chi connectivity index (χ2n) is 19.3. The molecule has 8 heterocycles. The zero-order chi connectivity index (χ0) is 58.4. The zero-order valence-electron chi connectivity index (χ0n) is 44.8. The molecule has 5 amide bonds. The van der Waals surface area contributed by atoms with Gasteiger partial charge in [0, 0.05) is 70.8 Å². The molecule has 426 valence electrons. The number of thiazole rings is 6. The van der Waals surface area contributed by atoms with Crippen molar-refractivity contribution in [1.82, 2.24) is 56.2 Å². The van der Waals surface area contributed by atoms with Gasteiger partial charge in [0.25, 0.3) is 11.8 Å². The molecule has 5 atom stereocenters. The molecule has 7 N–H and O–H groups in total. The van der Waals surface area contributed by atoms with Gasteiger partial charge in [-0.2, -0.15) is 0 Å². The number of aryl methyl sites for hydroxylation is 1. The van der Waals surface area contributed by atoms with Crippen LogP contribution in [0.15, 0.2) is 64.0 Å². The van der Waals surface area contributed by atoms with E-state index in [0.29, 0.717) is 73.7 Å². The number of ketones is 1. The molecule has 0 fully saturated rings. The number of benzene rings is 1.